The van der Waals surface area contributed by atoms with E-state index in [9.17, 15) is 4.39 Å². The fourth-order valence-corrected chi connectivity index (χ4v) is 2.71. The van der Waals surface area contributed by atoms with Crippen molar-refractivity contribution in [1.29, 1.82) is 0 Å². The Morgan fingerprint density at radius 1 is 1.24 bits per heavy atom. The van der Waals surface area contributed by atoms with Crippen LogP contribution in [0.4, 0.5) is 4.39 Å². The van der Waals surface area contributed by atoms with Crippen LogP contribution in [-0.4, -0.2) is 11.5 Å². The molecule has 2 aromatic rings. The molecule has 112 valence electrons. The van der Waals surface area contributed by atoms with Crippen molar-refractivity contribution in [2.24, 2.45) is 0 Å². The second-order valence-corrected chi connectivity index (χ2v) is 5.92. The Balaban J connectivity index is 2.26. The molecule has 4 heteroatoms. The highest BCUT2D eigenvalue weighted by molar-refractivity contribution is 9.10. The molecule has 0 aliphatic carbocycles. The molecule has 0 saturated carbocycles. The third-order valence-corrected chi connectivity index (χ3v) is 4.25. The number of nitrogens with one attached hydrogen (secondary N) is 1. The van der Waals surface area contributed by atoms with Gasteiger partial charge in [0.1, 0.15) is 5.82 Å². The van der Waals surface area contributed by atoms with Gasteiger partial charge in [-0.25, -0.2) is 4.39 Å². The van der Waals surface area contributed by atoms with Gasteiger partial charge >= 0.3 is 0 Å². The molecule has 1 unspecified atom stereocenters. The van der Waals surface area contributed by atoms with E-state index in [4.69, 9.17) is 0 Å². The second kappa shape index (κ2) is 7.66. The number of pyridine rings is 1. The summed E-state index contributed by atoms with van der Waals surface area (Å²) < 4.78 is 14.2. The van der Waals surface area contributed by atoms with Gasteiger partial charge in [-0.15, -0.1) is 0 Å². The van der Waals surface area contributed by atoms with E-state index in [0.29, 0.717) is 10.9 Å². The molecule has 0 bridgehead atoms. The molecule has 1 heterocycles. The van der Waals surface area contributed by atoms with Crippen LogP contribution in [0.1, 0.15) is 36.3 Å². The zero-order chi connectivity index (χ0) is 15.2. The van der Waals surface area contributed by atoms with Crippen LogP contribution < -0.4 is 5.32 Å². The Kier molecular flexibility index (Phi) is 5.88. The number of rotatable bonds is 6. The Hall–Kier alpha value is -1.26. The molecule has 0 spiro atoms. The normalized spacial score (nSPS) is 12.4. The van der Waals surface area contributed by atoms with Crippen LogP contribution in [0.3, 0.4) is 0 Å². The minimum Gasteiger partial charge on any atom is -0.308 e. The predicted octanol–water partition coefficient (Wildman–Crippen LogP) is 4.58. The van der Waals surface area contributed by atoms with Crippen LogP contribution in [0.5, 0.6) is 0 Å². The van der Waals surface area contributed by atoms with Crippen molar-refractivity contribution in [3.05, 3.63) is 63.6 Å². The van der Waals surface area contributed by atoms with Crippen LogP contribution in [-0.2, 0) is 6.42 Å². The molecule has 0 radical (unpaired) electrons. The molecule has 1 atom stereocenters. The van der Waals surface area contributed by atoms with Crippen molar-refractivity contribution < 1.29 is 4.39 Å². The van der Waals surface area contributed by atoms with Gasteiger partial charge in [-0.2, -0.15) is 0 Å². The lowest BCUT2D eigenvalue weighted by Crippen LogP contribution is -2.25. The number of aromatic nitrogens is 1. The maximum Gasteiger partial charge on any atom is 0.137 e. The molecular formula is C17H20BrFN2. The summed E-state index contributed by atoms with van der Waals surface area (Å²) in [6.07, 6.45) is 1.75. The zero-order valence-electron chi connectivity index (χ0n) is 12.4. The maximum atomic E-state index is 13.7. The Morgan fingerprint density at radius 2 is 2.00 bits per heavy atom. The number of aryl methyl sites for hydroxylation is 1. The first-order valence-corrected chi connectivity index (χ1v) is 8.01. The highest BCUT2D eigenvalue weighted by atomic mass is 79.9. The smallest absolute Gasteiger partial charge is 0.137 e. The molecule has 1 aromatic carbocycles. The van der Waals surface area contributed by atoms with Crippen molar-refractivity contribution >= 4 is 15.9 Å². The first kappa shape index (κ1) is 16.1. The molecule has 0 amide bonds. The van der Waals surface area contributed by atoms with E-state index >= 15 is 0 Å². The minimum atomic E-state index is -0.223. The SMILES string of the molecule is CCCNC(Cc1cccc(F)c1Br)c1cccc(C)n1. The van der Waals surface area contributed by atoms with Gasteiger partial charge in [0.2, 0.25) is 0 Å². The van der Waals surface area contributed by atoms with E-state index in [-0.39, 0.29) is 11.9 Å². The van der Waals surface area contributed by atoms with Gasteiger partial charge in [-0.3, -0.25) is 4.98 Å². The molecule has 21 heavy (non-hydrogen) atoms. The van der Waals surface area contributed by atoms with E-state index in [0.717, 1.165) is 29.9 Å². The highest BCUT2D eigenvalue weighted by Crippen LogP contribution is 2.25. The first-order chi connectivity index (χ1) is 10.1. The molecule has 2 rings (SSSR count). The summed E-state index contributed by atoms with van der Waals surface area (Å²) in [5.74, 6) is -0.223. The molecule has 0 fully saturated rings. The Labute approximate surface area is 133 Å². The summed E-state index contributed by atoms with van der Waals surface area (Å²) in [6.45, 7) is 5.03. The van der Waals surface area contributed by atoms with E-state index < -0.39 is 0 Å². The average Bonchev–Trinajstić information content (AvgIpc) is 2.47. The van der Waals surface area contributed by atoms with Crippen molar-refractivity contribution in [3.8, 4) is 0 Å². The van der Waals surface area contributed by atoms with Crippen molar-refractivity contribution in [2.45, 2.75) is 32.7 Å². The fourth-order valence-electron chi connectivity index (χ4n) is 2.28. The third-order valence-electron chi connectivity index (χ3n) is 3.36. The van der Waals surface area contributed by atoms with E-state index in [2.05, 4.69) is 33.2 Å². The van der Waals surface area contributed by atoms with Crippen molar-refractivity contribution in [2.75, 3.05) is 6.54 Å². The number of hydrogen-bond donors (Lipinski definition) is 1. The largest absolute Gasteiger partial charge is 0.308 e. The fraction of sp³-hybridized carbons (Fsp3) is 0.353. The summed E-state index contributed by atoms with van der Waals surface area (Å²) in [6, 6.07) is 11.3. The molecule has 0 aliphatic rings. The third kappa shape index (κ3) is 4.35. The molecule has 1 N–H and O–H groups in total. The van der Waals surface area contributed by atoms with Gasteiger partial charge in [0.25, 0.3) is 0 Å². The number of nitrogens with zero attached hydrogens (tertiary/aromatic N) is 1. The maximum absolute atomic E-state index is 13.7. The van der Waals surface area contributed by atoms with Crippen molar-refractivity contribution in [3.63, 3.8) is 0 Å². The Morgan fingerprint density at radius 3 is 2.71 bits per heavy atom. The van der Waals surface area contributed by atoms with Crippen LogP contribution in [0.15, 0.2) is 40.9 Å². The Bertz CT molecular complexity index is 601. The molecular weight excluding hydrogens is 331 g/mol. The zero-order valence-corrected chi connectivity index (χ0v) is 14.0. The molecule has 1 aromatic heterocycles. The molecule has 2 nitrogen and oxygen atoms in total. The summed E-state index contributed by atoms with van der Waals surface area (Å²) >= 11 is 3.34. The minimum absolute atomic E-state index is 0.0861. The van der Waals surface area contributed by atoms with Crippen LogP contribution in [0.25, 0.3) is 0 Å². The number of benzene rings is 1. The standard InChI is InChI=1S/C17H20BrFN2/c1-3-10-20-16(15-9-4-6-12(2)21-15)11-13-7-5-8-14(19)17(13)18/h4-9,16,20H,3,10-11H2,1-2H3. The summed E-state index contributed by atoms with van der Waals surface area (Å²) in [5.41, 5.74) is 2.95. The quantitative estimate of drug-likeness (QED) is 0.824. The summed E-state index contributed by atoms with van der Waals surface area (Å²) in [7, 11) is 0. The monoisotopic (exact) mass is 350 g/mol. The second-order valence-electron chi connectivity index (χ2n) is 5.13. The summed E-state index contributed by atoms with van der Waals surface area (Å²) in [4.78, 5) is 4.60. The lowest BCUT2D eigenvalue weighted by atomic mass is 10.0. The van der Waals surface area contributed by atoms with E-state index in [1.165, 1.54) is 6.07 Å². The predicted molar refractivity (Wildman–Crippen MR) is 87.8 cm³/mol. The number of halogens is 2. The average molecular weight is 351 g/mol. The van der Waals surface area contributed by atoms with Gasteiger partial charge in [0, 0.05) is 5.69 Å². The van der Waals surface area contributed by atoms with Crippen LogP contribution in [0, 0.1) is 12.7 Å². The van der Waals surface area contributed by atoms with Crippen molar-refractivity contribution in [1.82, 2.24) is 10.3 Å². The highest BCUT2D eigenvalue weighted by Gasteiger charge is 2.16. The topological polar surface area (TPSA) is 24.9 Å². The van der Waals surface area contributed by atoms with E-state index in [1.54, 1.807) is 6.07 Å². The van der Waals surface area contributed by atoms with Gasteiger partial charge in [0.15, 0.2) is 0 Å². The van der Waals surface area contributed by atoms with Crippen LogP contribution in [0.2, 0.25) is 0 Å². The van der Waals surface area contributed by atoms with Gasteiger partial charge in [0.05, 0.1) is 16.2 Å². The van der Waals surface area contributed by atoms with Gasteiger partial charge in [-0.05, 0) is 66.0 Å². The first-order valence-electron chi connectivity index (χ1n) is 7.21. The lowest BCUT2D eigenvalue weighted by molar-refractivity contribution is 0.514. The molecule has 0 saturated heterocycles. The van der Waals surface area contributed by atoms with E-state index in [1.807, 2.05) is 31.2 Å². The molecule has 0 aliphatic heterocycles. The van der Waals surface area contributed by atoms with Crippen LogP contribution >= 0.6 is 15.9 Å². The van der Waals surface area contributed by atoms with Gasteiger partial charge < -0.3 is 5.32 Å². The number of hydrogen-bond acceptors (Lipinski definition) is 2. The summed E-state index contributed by atoms with van der Waals surface area (Å²) in [5, 5.41) is 3.50. The lowest BCUT2D eigenvalue weighted by Gasteiger charge is -2.19. The van der Waals surface area contributed by atoms with Gasteiger partial charge in [-0.1, -0.05) is 25.1 Å².